The average molecular weight is 1530 g/mol. The first-order valence-corrected chi connectivity index (χ1v) is 36.5. The highest BCUT2D eigenvalue weighted by Gasteiger charge is 2.47. The zero-order chi connectivity index (χ0) is 80.7. The van der Waals surface area contributed by atoms with E-state index in [1.807, 2.05) is 0 Å². The number of primary amides is 1. The number of hydrogen-bond donors (Lipinski definition) is 19. The lowest BCUT2D eigenvalue weighted by atomic mass is 9.85. The second-order valence-corrected chi connectivity index (χ2v) is 28.4. The number of imidazole rings is 1. The summed E-state index contributed by atoms with van der Waals surface area (Å²) >= 11 is 0. The third kappa shape index (κ3) is 24.4. The molecule has 0 radical (unpaired) electrons. The van der Waals surface area contributed by atoms with Crippen LogP contribution in [-0.4, -0.2) is 226 Å². The summed E-state index contributed by atoms with van der Waals surface area (Å²) in [5.41, 5.74) is 6.11. The maximum atomic E-state index is 15.3. The number of nitrogens with two attached hydrogens (primary N) is 1. The van der Waals surface area contributed by atoms with Crippen LogP contribution in [0.1, 0.15) is 136 Å². The number of fused-ring (bicyclic) bond motifs is 36. The molecule has 3 unspecified atom stereocenters. The molecule has 0 aliphatic carbocycles. The van der Waals surface area contributed by atoms with Crippen molar-refractivity contribution in [1.29, 1.82) is 0 Å². The van der Waals surface area contributed by atoms with Crippen LogP contribution >= 0.6 is 0 Å². The maximum absolute atomic E-state index is 15.3. The van der Waals surface area contributed by atoms with Crippen LogP contribution in [0.25, 0.3) is 21.8 Å². The Labute approximate surface area is 632 Å². The quantitative estimate of drug-likeness (QED) is 0.0326. The van der Waals surface area contributed by atoms with Crippen molar-refractivity contribution in [2.45, 2.75) is 210 Å². The number of aliphatic hydroxyl groups is 1. The van der Waals surface area contributed by atoms with Crippen LogP contribution in [0.15, 0.2) is 73.4 Å². The third-order valence-corrected chi connectivity index (χ3v) is 19.0. The molecule has 5 aromatic rings. The lowest BCUT2D eigenvalue weighted by Gasteiger charge is -2.42. The number of hydrogen-bond acceptors (Lipinski definition) is 18. The Morgan fingerprint density at radius 2 is 1.15 bits per heavy atom. The first-order valence-electron chi connectivity index (χ1n) is 36.5. The lowest BCUT2D eigenvalue weighted by Crippen LogP contribution is -2.68. The minimum Gasteiger partial charge on any atom is -0.481 e. The van der Waals surface area contributed by atoms with Gasteiger partial charge in [-0.3, -0.25) is 76.7 Å². The van der Waals surface area contributed by atoms with E-state index >= 15 is 4.79 Å². The fourth-order valence-electron chi connectivity index (χ4n) is 12.9. The summed E-state index contributed by atoms with van der Waals surface area (Å²) in [5, 5.41) is 62.1. The second-order valence-electron chi connectivity index (χ2n) is 28.4. The van der Waals surface area contributed by atoms with E-state index in [1.165, 1.54) is 31.3 Å². The summed E-state index contributed by atoms with van der Waals surface area (Å²) in [6.45, 7) is 9.21. The zero-order valence-electron chi connectivity index (χ0n) is 62.3. The van der Waals surface area contributed by atoms with Crippen LogP contribution in [0, 0.1) is 11.8 Å². The minimum atomic E-state index is -2.07. The van der Waals surface area contributed by atoms with Crippen molar-refractivity contribution in [2.24, 2.45) is 17.6 Å². The number of carbonyl (C=O) groups excluding carboxylic acids is 14. The number of carboxylic acid groups (broad SMARTS) is 2. The topological polar surface area (TPSA) is 568 Å². The van der Waals surface area contributed by atoms with Gasteiger partial charge in [-0.1, -0.05) is 77.4 Å². The molecule has 3 aliphatic rings. The smallest absolute Gasteiger partial charge is 0.303 e. The Morgan fingerprint density at radius 3 is 1.70 bits per heavy atom. The molecule has 596 valence electrons. The molecule has 20 N–H and O–H groups in total. The van der Waals surface area contributed by atoms with E-state index in [9.17, 15) is 87.2 Å². The summed E-state index contributed by atoms with van der Waals surface area (Å²) in [6.07, 6.45) is -0.671. The molecule has 2 bridgehead atoms. The molecular weight excluding hydrogens is 1430 g/mol. The Kier molecular flexibility index (Phi) is 31.0. The normalized spacial score (nSPS) is 23.9. The van der Waals surface area contributed by atoms with Gasteiger partial charge >= 0.3 is 11.9 Å². The molecule has 3 aromatic heterocycles. The van der Waals surface area contributed by atoms with Gasteiger partial charge < -0.3 is 105 Å². The number of aromatic nitrogens is 4. The molecule has 3 aliphatic heterocycles. The fraction of sp³-hybridized carbons (Fsp3) is 0.521. The van der Waals surface area contributed by atoms with E-state index in [2.05, 4.69) is 83.7 Å². The van der Waals surface area contributed by atoms with Gasteiger partial charge in [-0.25, -0.2) is 4.98 Å². The van der Waals surface area contributed by atoms with E-state index in [0.717, 1.165) is 0 Å². The first kappa shape index (κ1) is 85.5. The third-order valence-electron chi connectivity index (χ3n) is 19.0. The molecule has 37 nitrogen and oxygen atoms in total. The largest absolute Gasteiger partial charge is 0.481 e. The van der Waals surface area contributed by atoms with Gasteiger partial charge in [-0.2, -0.15) is 0 Å². The van der Waals surface area contributed by atoms with Crippen LogP contribution in [-0.2, 0) is 96.0 Å². The standard InChI is InChI=1S/C73H100N18O19/c1-8-13-48-67(105)88-60(38(4)5)71(109)87-53(30-42-33-77-47-17-12-10-15-45(42)47)70(108)90-73(72(110)89-61(40(7)92)62(74)100)24-26-91(27-25-73)57(95)21-18-49(81-55(93)20-23-59(98)99)65(103)80-39(6)63(101)84-52(29-41-32-76-46-16-11-9-14-44(41)46)68(106)86-54(31-43-34-75-36-79-43)69(107)85-51(28-37(2)3)64(102)78-35-56(94)82-50(66(104)83-48)19-22-58(96)97/h9-12,14-17,32-34,36-40,48-54,60-61,76-77,92H,8,13,18-31,35H2,1-7H3,(H2,74,100)(H,75,79)(H,78,102)(H,80,103)(H,81,93)(H,82,94)(H,83,104)(H,84,101)(H,85,107)(H,86,106)(H,87,109)(H,88,105)(H,89,110)(H,90,108)(H,96,97)(H,98,99)/t39-,40?,48-,49-,50-,51-,52-,53-,54-,60?,61?/m0/s1. The molecule has 8 rings (SSSR count). The van der Waals surface area contributed by atoms with Gasteiger partial charge in [0.2, 0.25) is 82.7 Å². The number of para-hydroxylation sites is 2. The van der Waals surface area contributed by atoms with Gasteiger partial charge in [0.25, 0.3) is 0 Å². The number of aliphatic hydroxyl groups excluding tert-OH is 1. The van der Waals surface area contributed by atoms with E-state index in [4.69, 9.17) is 5.73 Å². The van der Waals surface area contributed by atoms with Crippen molar-refractivity contribution in [3.63, 3.8) is 0 Å². The lowest BCUT2D eigenvalue weighted by molar-refractivity contribution is -0.143. The van der Waals surface area contributed by atoms with Crippen molar-refractivity contribution in [2.75, 3.05) is 19.6 Å². The van der Waals surface area contributed by atoms with E-state index in [0.29, 0.717) is 32.9 Å². The number of nitrogens with one attached hydrogen (secondary N) is 15. The van der Waals surface area contributed by atoms with E-state index in [1.54, 1.807) is 95.5 Å². The van der Waals surface area contributed by atoms with Crippen molar-refractivity contribution < 1.29 is 92.0 Å². The molecule has 37 heteroatoms. The Morgan fingerprint density at radius 1 is 0.609 bits per heavy atom. The van der Waals surface area contributed by atoms with Gasteiger partial charge in [0, 0.05) is 92.0 Å². The molecule has 14 amide bonds. The predicted octanol–water partition coefficient (Wildman–Crippen LogP) is -2.25. The van der Waals surface area contributed by atoms with Crippen LogP contribution < -0.4 is 69.5 Å². The number of amides is 14. The van der Waals surface area contributed by atoms with Gasteiger partial charge in [0.05, 0.1) is 31.1 Å². The number of carboxylic acids is 2. The highest BCUT2D eigenvalue weighted by atomic mass is 16.4. The summed E-state index contributed by atoms with van der Waals surface area (Å²) in [7, 11) is 0. The van der Waals surface area contributed by atoms with Gasteiger partial charge in [0.15, 0.2) is 0 Å². The number of nitrogens with zero attached hydrogens (tertiary/aromatic N) is 2. The zero-order valence-corrected chi connectivity index (χ0v) is 62.3. The number of aliphatic carboxylic acids is 2. The molecule has 2 aromatic carbocycles. The van der Waals surface area contributed by atoms with E-state index in [-0.39, 0.29) is 63.2 Å². The van der Waals surface area contributed by atoms with Crippen molar-refractivity contribution in [3.05, 3.63) is 90.3 Å². The van der Waals surface area contributed by atoms with Crippen LogP contribution in [0.3, 0.4) is 0 Å². The average Bonchev–Trinajstić information content (AvgIpc) is 1.74. The highest BCUT2D eigenvalue weighted by Crippen LogP contribution is 2.27. The number of benzene rings is 2. The second kappa shape index (κ2) is 39.9. The molecule has 3 fully saturated rings. The van der Waals surface area contributed by atoms with Crippen molar-refractivity contribution in [3.8, 4) is 0 Å². The van der Waals surface area contributed by atoms with Crippen LogP contribution in [0.4, 0.5) is 0 Å². The highest BCUT2D eigenvalue weighted by molar-refractivity contribution is 6.01. The summed E-state index contributed by atoms with van der Waals surface area (Å²) in [4.78, 5) is 239. The SMILES string of the molecule is CCC[C@@H]1NC(=O)[C@H](CCC(=O)O)NC(=O)CNC(=O)[C@H](CC(C)C)NC(=O)[C@H](Cc2c[nH]cn2)NC(=O)[C@H](Cc2c[nH]c3ccccc23)NC(=O)[C@H](C)NC(=O)[C@@H](NC(=O)CCC(=O)O)CCC(=O)N2CCC(C(=O)NC(C(N)=O)C(C)O)(CC2)NC(=O)[C@H](Cc2c[nH]c3ccccc23)NC(=O)C(C(C)C)NC1=O. The summed E-state index contributed by atoms with van der Waals surface area (Å²) in [5.74, 6) is -17.3. The molecular formula is C73H100N18O19. The molecule has 11 atom stereocenters. The molecule has 3 saturated heterocycles. The Bertz CT molecular complexity index is 4160. The van der Waals surface area contributed by atoms with Crippen molar-refractivity contribution in [1.82, 2.24) is 88.6 Å². The molecule has 110 heavy (non-hydrogen) atoms. The van der Waals surface area contributed by atoms with Gasteiger partial charge in [-0.15, -0.1) is 0 Å². The Balaban J connectivity index is 1.28. The fourth-order valence-corrected chi connectivity index (χ4v) is 12.9. The number of carbonyl (C=O) groups is 16. The minimum absolute atomic E-state index is 0.0500. The van der Waals surface area contributed by atoms with Gasteiger partial charge in [-0.05, 0) is 87.5 Å². The number of piperidine rings is 1. The number of aromatic amines is 3. The maximum Gasteiger partial charge on any atom is 0.303 e. The number of rotatable bonds is 22. The number of H-pyrrole nitrogens is 3. The Hall–Kier alpha value is -11.8. The summed E-state index contributed by atoms with van der Waals surface area (Å²) < 4.78 is 0. The van der Waals surface area contributed by atoms with Crippen molar-refractivity contribution >= 4 is 116 Å². The van der Waals surface area contributed by atoms with Gasteiger partial charge in [0.1, 0.15) is 66.0 Å². The molecule has 0 saturated carbocycles. The molecule has 0 spiro atoms. The summed E-state index contributed by atoms with van der Waals surface area (Å²) in [6, 6.07) is -1.63. The van der Waals surface area contributed by atoms with Crippen LogP contribution in [0.2, 0.25) is 0 Å². The monoisotopic (exact) mass is 1530 g/mol. The van der Waals surface area contributed by atoms with E-state index < -0.39 is 231 Å². The predicted molar refractivity (Wildman–Crippen MR) is 394 cm³/mol. The first-order chi connectivity index (χ1) is 52.1. The van der Waals surface area contributed by atoms with Crippen LogP contribution in [0.5, 0.6) is 0 Å². The molecule has 6 heterocycles.